The molecule has 1 aromatic carbocycles. The van der Waals surface area contributed by atoms with Crippen LogP contribution < -0.4 is 5.32 Å². The van der Waals surface area contributed by atoms with Gasteiger partial charge in [0.2, 0.25) is 5.91 Å². The number of anilines is 1. The van der Waals surface area contributed by atoms with Crippen LogP contribution in [0.15, 0.2) is 29.8 Å². The van der Waals surface area contributed by atoms with Gasteiger partial charge in [0.05, 0.1) is 16.6 Å². The van der Waals surface area contributed by atoms with Gasteiger partial charge >= 0.3 is 0 Å². The van der Waals surface area contributed by atoms with E-state index in [1.165, 1.54) is 18.2 Å². The molecule has 1 N–H and O–H groups in total. The van der Waals surface area contributed by atoms with Gasteiger partial charge in [-0.25, -0.2) is 0 Å². The van der Waals surface area contributed by atoms with Crippen LogP contribution in [0.4, 0.5) is 11.4 Å². The van der Waals surface area contributed by atoms with Gasteiger partial charge in [0.25, 0.3) is 5.69 Å². The molecule has 0 radical (unpaired) electrons. The summed E-state index contributed by atoms with van der Waals surface area (Å²) in [6, 6.07) is 5.68. The van der Waals surface area contributed by atoms with E-state index in [9.17, 15) is 14.9 Å². The summed E-state index contributed by atoms with van der Waals surface area (Å²) in [7, 11) is 0. The zero-order valence-corrected chi connectivity index (χ0v) is 9.93. The monoisotopic (exact) mass is 245 g/mol. The predicted octanol–water partition coefficient (Wildman–Crippen LogP) is 2.37. The summed E-state index contributed by atoms with van der Waals surface area (Å²) in [4.78, 5) is 21.7. The largest absolute Gasteiger partial charge is 0.317 e. The molecule has 0 aromatic heterocycles. The molecule has 1 amide bonds. The molecule has 0 aliphatic carbocycles. The second kappa shape index (κ2) is 5.59. The van der Waals surface area contributed by atoms with Gasteiger partial charge in [0.15, 0.2) is 0 Å². The molecule has 92 valence electrons. The molecular formula is C12H11N3O3. The van der Waals surface area contributed by atoms with Crippen LogP contribution in [0.5, 0.6) is 0 Å². The summed E-state index contributed by atoms with van der Waals surface area (Å²) >= 11 is 0. The highest BCUT2D eigenvalue weighted by Gasteiger charge is 2.15. The fourth-order valence-corrected chi connectivity index (χ4v) is 1.29. The zero-order chi connectivity index (χ0) is 13.7. The molecule has 0 fully saturated rings. The molecule has 0 saturated heterocycles. The minimum Gasteiger partial charge on any atom is -0.317 e. The first-order chi connectivity index (χ1) is 8.43. The zero-order valence-electron chi connectivity index (χ0n) is 9.93. The van der Waals surface area contributed by atoms with E-state index in [1.54, 1.807) is 19.9 Å². The smallest absolute Gasteiger partial charge is 0.294 e. The van der Waals surface area contributed by atoms with Crippen molar-refractivity contribution in [2.24, 2.45) is 0 Å². The van der Waals surface area contributed by atoms with Gasteiger partial charge in [0, 0.05) is 12.1 Å². The molecule has 0 atom stereocenters. The topological polar surface area (TPSA) is 96.0 Å². The predicted molar refractivity (Wildman–Crippen MR) is 65.9 cm³/mol. The van der Waals surface area contributed by atoms with Gasteiger partial charge in [-0.05, 0) is 26.0 Å². The van der Waals surface area contributed by atoms with Crippen LogP contribution in [0.2, 0.25) is 0 Å². The molecule has 0 heterocycles. The fourth-order valence-electron chi connectivity index (χ4n) is 1.29. The van der Waals surface area contributed by atoms with Crippen molar-refractivity contribution in [3.8, 4) is 6.07 Å². The number of nitrogens with zero attached hydrogens (tertiary/aromatic N) is 2. The summed E-state index contributed by atoms with van der Waals surface area (Å²) in [6.07, 6.45) is 1.34. The number of nitro benzene ring substituents is 1. The Morgan fingerprint density at radius 2 is 2.17 bits per heavy atom. The van der Waals surface area contributed by atoms with Gasteiger partial charge in [-0.2, -0.15) is 5.26 Å². The van der Waals surface area contributed by atoms with E-state index in [0.29, 0.717) is 0 Å². The lowest BCUT2D eigenvalue weighted by Gasteiger charge is -2.04. The number of hydrogen-bond acceptors (Lipinski definition) is 4. The number of allylic oxidation sites excluding steroid dienone is 1. The lowest BCUT2D eigenvalue weighted by Crippen LogP contribution is -2.10. The Labute approximate surface area is 104 Å². The van der Waals surface area contributed by atoms with E-state index >= 15 is 0 Å². The lowest BCUT2D eigenvalue weighted by molar-refractivity contribution is -0.383. The number of carbonyl (C=O) groups excluding carboxylic acids is 1. The van der Waals surface area contributed by atoms with E-state index in [0.717, 1.165) is 11.6 Å². The minimum atomic E-state index is -0.640. The maximum Gasteiger partial charge on any atom is 0.294 e. The van der Waals surface area contributed by atoms with E-state index in [4.69, 9.17) is 5.26 Å². The minimum absolute atomic E-state index is 0.0708. The third-order valence-corrected chi connectivity index (χ3v) is 2.00. The molecule has 18 heavy (non-hydrogen) atoms. The van der Waals surface area contributed by atoms with E-state index in [2.05, 4.69) is 5.32 Å². The molecule has 6 heteroatoms. The van der Waals surface area contributed by atoms with Gasteiger partial charge < -0.3 is 5.32 Å². The van der Waals surface area contributed by atoms with Gasteiger partial charge in [-0.3, -0.25) is 14.9 Å². The maximum absolute atomic E-state index is 11.5. The van der Waals surface area contributed by atoms with Crippen molar-refractivity contribution in [1.29, 1.82) is 5.26 Å². The number of nitriles is 1. The molecule has 1 rings (SSSR count). The summed E-state index contributed by atoms with van der Waals surface area (Å²) in [6.45, 7) is 3.49. The molecule has 0 aliphatic heterocycles. The number of nitrogens with one attached hydrogen (secondary N) is 1. The molecule has 0 aliphatic rings. The maximum atomic E-state index is 11.5. The third kappa shape index (κ3) is 3.42. The quantitative estimate of drug-likeness (QED) is 0.502. The number of carbonyl (C=O) groups is 1. The molecule has 0 saturated carbocycles. The Balaban J connectivity index is 3.10. The first kappa shape index (κ1) is 13.4. The van der Waals surface area contributed by atoms with Crippen molar-refractivity contribution in [3.05, 3.63) is 45.5 Å². The Kier molecular flexibility index (Phi) is 4.16. The van der Waals surface area contributed by atoms with Crippen molar-refractivity contribution in [2.45, 2.75) is 13.8 Å². The van der Waals surface area contributed by atoms with Crippen LogP contribution in [-0.2, 0) is 4.79 Å². The van der Waals surface area contributed by atoms with E-state index in [-0.39, 0.29) is 16.9 Å². The highest BCUT2D eigenvalue weighted by Crippen LogP contribution is 2.25. The summed E-state index contributed by atoms with van der Waals surface area (Å²) in [5, 5.41) is 21.9. The van der Waals surface area contributed by atoms with Gasteiger partial charge in [-0.15, -0.1) is 0 Å². The SMILES string of the molecule is CC(C)=CC(=O)Nc1ccc(C#N)cc1[N+](=O)[O-]. The highest BCUT2D eigenvalue weighted by molar-refractivity contribution is 6.01. The van der Waals surface area contributed by atoms with Crippen LogP contribution in [0, 0.1) is 21.4 Å². The molecule has 0 bridgehead atoms. The lowest BCUT2D eigenvalue weighted by atomic mass is 10.2. The molecule has 1 aromatic rings. The van der Waals surface area contributed by atoms with Crippen LogP contribution in [-0.4, -0.2) is 10.8 Å². The van der Waals surface area contributed by atoms with Crippen LogP contribution in [0.1, 0.15) is 19.4 Å². The molecule has 0 unspecified atom stereocenters. The Hall–Kier alpha value is -2.68. The first-order valence-corrected chi connectivity index (χ1v) is 5.08. The fraction of sp³-hybridized carbons (Fsp3) is 0.167. The normalized spacial score (nSPS) is 9.17. The van der Waals surface area contributed by atoms with Crippen molar-refractivity contribution in [3.63, 3.8) is 0 Å². The van der Waals surface area contributed by atoms with Crippen LogP contribution in [0.25, 0.3) is 0 Å². The molecule has 0 spiro atoms. The van der Waals surface area contributed by atoms with E-state index < -0.39 is 10.8 Å². The van der Waals surface area contributed by atoms with Crippen molar-refractivity contribution in [1.82, 2.24) is 0 Å². The molecule has 6 nitrogen and oxygen atoms in total. The van der Waals surface area contributed by atoms with Crippen LogP contribution >= 0.6 is 0 Å². The second-order valence-electron chi connectivity index (χ2n) is 3.81. The number of rotatable bonds is 3. The Bertz CT molecular complexity index is 566. The first-order valence-electron chi connectivity index (χ1n) is 5.08. The number of amides is 1. The number of nitro groups is 1. The van der Waals surface area contributed by atoms with Gasteiger partial charge in [-0.1, -0.05) is 5.57 Å². The molecular weight excluding hydrogens is 234 g/mol. The van der Waals surface area contributed by atoms with E-state index in [1.807, 2.05) is 0 Å². The third-order valence-electron chi connectivity index (χ3n) is 2.00. The van der Waals surface area contributed by atoms with Gasteiger partial charge in [0.1, 0.15) is 5.69 Å². The van der Waals surface area contributed by atoms with Crippen molar-refractivity contribution >= 4 is 17.3 Å². The Morgan fingerprint density at radius 1 is 1.50 bits per heavy atom. The van der Waals surface area contributed by atoms with Crippen molar-refractivity contribution < 1.29 is 9.72 Å². The Morgan fingerprint density at radius 3 is 2.67 bits per heavy atom. The average Bonchev–Trinajstić information content (AvgIpc) is 2.28. The second-order valence-corrected chi connectivity index (χ2v) is 3.81. The summed E-state index contributed by atoms with van der Waals surface area (Å²) in [5.41, 5.74) is 0.719. The van der Waals surface area contributed by atoms with Crippen LogP contribution in [0.3, 0.4) is 0 Å². The summed E-state index contributed by atoms with van der Waals surface area (Å²) < 4.78 is 0. The van der Waals surface area contributed by atoms with Crippen molar-refractivity contribution in [2.75, 3.05) is 5.32 Å². The standard InChI is InChI=1S/C12H11N3O3/c1-8(2)5-12(16)14-10-4-3-9(7-13)6-11(10)15(17)18/h3-6H,1-2H3,(H,14,16). The summed E-state index contributed by atoms with van der Waals surface area (Å²) in [5.74, 6) is -0.442. The highest BCUT2D eigenvalue weighted by atomic mass is 16.6. The number of hydrogen-bond donors (Lipinski definition) is 1. The average molecular weight is 245 g/mol. The number of benzene rings is 1.